The number of hydrogen-bond donors (Lipinski definition) is 2. The van der Waals surface area contributed by atoms with Crippen LogP contribution >= 0.6 is 0 Å². The molecule has 4 aliphatic rings. The van der Waals surface area contributed by atoms with Gasteiger partial charge in [0.25, 0.3) is 0 Å². The molecule has 0 aromatic carbocycles. The van der Waals surface area contributed by atoms with Crippen molar-refractivity contribution in [1.82, 2.24) is 15.5 Å². The fourth-order valence-corrected chi connectivity index (χ4v) is 5.89. The minimum atomic E-state index is -1.05. The minimum Gasteiger partial charge on any atom is -0.466 e. The molecule has 2 aliphatic heterocycles. The van der Waals surface area contributed by atoms with Crippen molar-refractivity contribution in [2.75, 3.05) is 26.2 Å². The molecule has 1 saturated heterocycles. The molecule has 1 saturated carbocycles. The van der Waals surface area contributed by atoms with E-state index in [1.54, 1.807) is 11.8 Å². The number of esters is 1. The molecule has 0 aromatic heterocycles. The Morgan fingerprint density at radius 1 is 1.19 bits per heavy atom. The molecule has 2 bridgehead atoms. The predicted molar refractivity (Wildman–Crippen MR) is 142 cm³/mol. The monoisotopic (exact) mass is 519 g/mol. The summed E-state index contributed by atoms with van der Waals surface area (Å²) < 4.78 is 19.8. The number of rotatable bonds is 13. The van der Waals surface area contributed by atoms with E-state index in [0.717, 1.165) is 51.5 Å². The van der Waals surface area contributed by atoms with E-state index in [1.165, 1.54) is 23.3 Å². The zero-order chi connectivity index (χ0) is 26.8. The third-order valence-corrected chi connectivity index (χ3v) is 7.95. The molecule has 7 nitrogen and oxygen atoms in total. The second-order valence-electron chi connectivity index (χ2n) is 10.9. The van der Waals surface area contributed by atoms with Crippen LogP contribution in [0.15, 0.2) is 22.9 Å². The Morgan fingerprint density at radius 3 is 2.70 bits per heavy atom. The molecule has 2 N–H and O–H groups in total. The highest BCUT2D eigenvalue weighted by Gasteiger charge is 2.35. The van der Waals surface area contributed by atoms with Crippen molar-refractivity contribution >= 4 is 17.8 Å². The lowest BCUT2D eigenvalue weighted by Gasteiger charge is -2.34. The lowest BCUT2D eigenvalue weighted by atomic mass is 9.81. The normalized spacial score (nSPS) is 22.9. The molecule has 37 heavy (non-hydrogen) atoms. The van der Waals surface area contributed by atoms with E-state index >= 15 is 0 Å². The van der Waals surface area contributed by atoms with E-state index in [2.05, 4.69) is 16.7 Å². The van der Waals surface area contributed by atoms with Crippen molar-refractivity contribution in [3.8, 4) is 0 Å². The predicted octanol–water partition coefficient (Wildman–Crippen LogP) is 4.58. The van der Waals surface area contributed by atoms with Gasteiger partial charge in [0, 0.05) is 36.7 Å². The maximum Gasteiger partial charge on any atom is 0.307 e. The van der Waals surface area contributed by atoms with Crippen LogP contribution in [0, 0.1) is 11.8 Å². The fourth-order valence-electron chi connectivity index (χ4n) is 5.89. The van der Waals surface area contributed by atoms with Gasteiger partial charge >= 0.3 is 5.97 Å². The fraction of sp³-hybridized carbons (Fsp3) is 0.759. The standard InChI is InChI=1S/C29H46FN3O4/c1-4-15-33(29(36)20(3)13-14-21-16-23-10-8-9-22(21)18-31-23)19-27(34)32-26(17-28(35)37-5-2)24-11-6-7-12-25(24)30/h16,20,24-26,31H,4-15,17-19H2,1-3H3,(H,32,34). The summed E-state index contributed by atoms with van der Waals surface area (Å²) in [6.07, 6.45) is 9.63. The second-order valence-corrected chi connectivity index (χ2v) is 10.9. The number of hydrogen-bond acceptors (Lipinski definition) is 5. The summed E-state index contributed by atoms with van der Waals surface area (Å²) in [5.41, 5.74) is 4.11. The quantitative estimate of drug-likeness (QED) is 0.348. The van der Waals surface area contributed by atoms with Crippen molar-refractivity contribution in [2.45, 2.75) is 104 Å². The highest BCUT2D eigenvalue weighted by atomic mass is 19.1. The lowest BCUT2D eigenvalue weighted by molar-refractivity contribution is -0.145. The van der Waals surface area contributed by atoms with E-state index in [9.17, 15) is 18.8 Å². The number of amides is 2. The average molecular weight is 520 g/mol. The third-order valence-electron chi connectivity index (χ3n) is 7.95. The molecule has 8 heteroatoms. The highest BCUT2D eigenvalue weighted by molar-refractivity contribution is 5.86. The summed E-state index contributed by atoms with van der Waals surface area (Å²) in [6, 6.07) is -0.626. The van der Waals surface area contributed by atoms with Crippen LogP contribution in [0.5, 0.6) is 0 Å². The van der Waals surface area contributed by atoms with E-state index in [1.807, 2.05) is 13.8 Å². The van der Waals surface area contributed by atoms with E-state index in [4.69, 9.17) is 4.74 Å². The summed E-state index contributed by atoms with van der Waals surface area (Å²) in [7, 11) is 0. The van der Waals surface area contributed by atoms with Crippen molar-refractivity contribution in [3.05, 3.63) is 22.9 Å². The van der Waals surface area contributed by atoms with Gasteiger partial charge < -0.3 is 20.3 Å². The maximum absolute atomic E-state index is 14.7. The van der Waals surface area contributed by atoms with Crippen LogP contribution in [0.2, 0.25) is 0 Å². The zero-order valence-electron chi connectivity index (χ0n) is 23.0. The topological polar surface area (TPSA) is 87.7 Å². The summed E-state index contributed by atoms with van der Waals surface area (Å²) in [4.78, 5) is 40.2. The number of dihydropyridines is 1. The summed E-state index contributed by atoms with van der Waals surface area (Å²) in [5.74, 6) is -1.43. The molecule has 0 radical (unpaired) electrons. The van der Waals surface area contributed by atoms with Gasteiger partial charge in [-0.25, -0.2) is 4.39 Å². The van der Waals surface area contributed by atoms with Gasteiger partial charge in [-0.3, -0.25) is 14.4 Å². The zero-order valence-corrected chi connectivity index (χ0v) is 23.0. The number of alkyl halides is 1. The Labute approximate surface area is 221 Å². The first-order valence-corrected chi connectivity index (χ1v) is 14.4. The lowest BCUT2D eigenvalue weighted by Crippen LogP contribution is -2.50. The largest absolute Gasteiger partial charge is 0.466 e. The van der Waals surface area contributed by atoms with Gasteiger partial charge in [-0.1, -0.05) is 26.7 Å². The molecular weight excluding hydrogens is 473 g/mol. The first-order chi connectivity index (χ1) is 17.8. The molecule has 4 rings (SSSR count). The van der Waals surface area contributed by atoms with Gasteiger partial charge in [0.1, 0.15) is 6.17 Å². The Hall–Kier alpha value is -2.38. The van der Waals surface area contributed by atoms with Gasteiger partial charge in [-0.15, -0.1) is 0 Å². The van der Waals surface area contributed by atoms with Crippen LogP contribution in [0.4, 0.5) is 4.39 Å². The summed E-state index contributed by atoms with van der Waals surface area (Å²) in [6.45, 7) is 7.21. The van der Waals surface area contributed by atoms with Crippen LogP contribution in [-0.2, 0) is 19.1 Å². The van der Waals surface area contributed by atoms with Gasteiger partial charge in [-0.05, 0) is 75.5 Å². The third kappa shape index (κ3) is 8.57. The number of nitrogens with zero attached hydrogens (tertiary/aromatic N) is 1. The van der Waals surface area contributed by atoms with Crippen LogP contribution in [0.1, 0.15) is 91.4 Å². The van der Waals surface area contributed by atoms with Gasteiger partial charge in [0.2, 0.25) is 11.8 Å². The van der Waals surface area contributed by atoms with Crippen LogP contribution < -0.4 is 10.6 Å². The molecule has 208 valence electrons. The molecule has 2 heterocycles. The van der Waals surface area contributed by atoms with E-state index in [-0.39, 0.29) is 37.3 Å². The maximum atomic E-state index is 14.7. The number of carbonyl (C=O) groups excluding carboxylic acids is 3. The van der Waals surface area contributed by atoms with Crippen molar-refractivity contribution in [2.24, 2.45) is 11.8 Å². The minimum absolute atomic E-state index is 0.0323. The Morgan fingerprint density at radius 2 is 1.97 bits per heavy atom. The van der Waals surface area contributed by atoms with Crippen molar-refractivity contribution < 1.29 is 23.5 Å². The van der Waals surface area contributed by atoms with Crippen LogP contribution in [0.25, 0.3) is 0 Å². The van der Waals surface area contributed by atoms with Gasteiger partial charge in [-0.2, -0.15) is 0 Å². The van der Waals surface area contributed by atoms with Crippen LogP contribution in [-0.4, -0.2) is 61.1 Å². The highest BCUT2D eigenvalue weighted by Crippen LogP contribution is 2.31. The smallest absolute Gasteiger partial charge is 0.307 e. The number of nitrogens with one attached hydrogen (secondary N) is 2. The van der Waals surface area contributed by atoms with Crippen LogP contribution in [0.3, 0.4) is 0 Å². The first-order valence-electron chi connectivity index (χ1n) is 14.4. The molecule has 2 aliphatic carbocycles. The Bertz CT molecular complexity index is 863. The number of carbonyl (C=O) groups is 3. The van der Waals surface area contributed by atoms with E-state index in [0.29, 0.717) is 19.4 Å². The molecule has 4 unspecified atom stereocenters. The number of fused-ring (bicyclic) bond motifs is 4. The van der Waals surface area contributed by atoms with Crippen molar-refractivity contribution in [3.63, 3.8) is 0 Å². The number of halogens is 1. The molecule has 0 aromatic rings. The summed E-state index contributed by atoms with van der Waals surface area (Å²) in [5, 5.41) is 6.37. The second kappa shape index (κ2) is 14.5. The SMILES string of the molecule is CCCN(CC(=O)NC(CC(=O)OCC)C1CCCCC1F)C(=O)C(C)CCC1=C2CCCC(=C1)NC2. The molecule has 4 atom stereocenters. The Kier molecular flexibility index (Phi) is 11.5. The average Bonchev–Trinajstić information content (AvgIpc) is 3.22. The first kappa shape index (κ1) is 29.2. The van der Waals surface area contributed by atoms with E-state index < -0.39 is 24.1 Å². The van der Waals surface area contributed by atoms with Gasteiger partial charge in [0.05, 0.1) is 19.6 Å². The molecule has 2 fully saturated rings. The number of allylic oxidation sites excluding steroid dienone is 3. The summed E-state index contributed by atoms with van der Waals surface area (Å²) >= 11 is 0. The number of ether oxygens (including phenoxy) is 1. The van der Waals surface area contributed by atoms with Gasteiger partial charge in [0.15, 0.2) is 0 Å². The van der Waals surface area contributed by atoms with Crippen molar-refractivity contribution in [1.29, 1.82) is 0 Å². The Balaban J connectivity index is 1.59. The molecular formula is C29H46FN3O4. The molecule has 0 spiro atoms. The molecule has 2 amide bonds.